The minimum Gasteiger partial charge on any atom is -0.431 e. The number of hydrogen-bond donors (Lipinski definition) is 1. The van der Waals surface area contributed by atoms with E-state index in [1.54, 1.807) is 0 Å². The van der Waals surface area contributed by atoms with Crippen LogP contribution in [-0.2, 0) is 9.47 Å². The van der Waals surface area contributed by atoms with Crippen molar-refractivity contribution >= 4 is 18.8 Å². The summed E-state index contributed by atoms with van der Waals surface area (Å²) in [5.74, 6) is 0.533. The normalized spacial score (nSPS) is 27.9. The molecule has 1 rings (SSSR count). The van der Waals surface area contributed by atoms with Crippen molar-refractivity contribution in [2.45, 2.75) is 58.7 Å². The third kappa shape index (κ3) is 5.02. The van der Waals surface area contributed by atoms with Gasteiger partial charge >= 0.3 is 6.16 Å². The Labute approximate surface area is 109 Å². The Morgan fingerprint density at radius 1 is 1.41 bits per heavy atom. The van der Waals surface area contributed by atoms with Crippen molar-refractivity contribution in [1.82, 2.24) is 0 Å². The van der Waals surface area contributed by atoms with E-state index in [1.807, 2.05) is 26.2 Å². The van der Waals surface area contributed by atoms with Gasteiger partial charge in [-0.1, -0.05) is 12.5 Å². The molecule has 2 unspecified atom stereocenters. The molecule has 98 valence electrons. The second-order valence-electron chi connectivity index (χ2n) is 5.59. The molecule has 0 aromatic carbocycles. The Kier molecular flexibility index (Phi) is 4.92. The van der Waals surface area contributed by atoms with E-state index in [-0.39, 0.29) is 6.10 Å². The van der Waals surface area contributed by atoms with Gasteiger partial charge in [0, 0.05) is 6.42 Å². The van der Waals surface area contributed by atoms with Crippen LogP contribution in [0.5, 0.6) is 0 Å². The topological polar surface area (TPSA) is 35.5 Å². The predicted molar refractivity (Wildman–Crippen MR) is 71.2 cm³/mol. The molecule has 0 bridgehead atoms. The largest absolute Gasteiger partial charge is 0.509 e. The fourth-order valence-electron chi connectivity index (χ4n) is 1.88. The minimum absolute atomic E-state index is 0.0700. The Hall–Kier alpha value is -0.640. The highest BCUT2D eigenvalue weighted by Gasteiger charge is 2.27. The fraction of sp³-hybridized carbons (Fsp3) is 0.769. The van der Waals surface area contributed by atoms with Crippen molar-refractivity contribution in [3.63, 3.8) is 0 Å². The summed E-state index contributed by atoms with van der Waals surface area (Å²) in [6, 6.07) is 0. The van der Waals surface area contributed by atoms with Gasteiger partial charge in [-0.3, -0.25) is 0 Å². The molecule has 1 aliphatic rings. The first kappa shape index (κ1) is 14.4. The lowest BCUT2D eigenvalue weighted by Crippen LogP contribution is -2.30. The molecule has 0 radical (unpaired) electrons. The lowest BCUT2D eigenvalue weighted by atomic mass is 9.85. The summed E-state index contributed by atoms with van der Waals surface area (Å²) in [5.41, 5.74) is 0.745. The van der Waals surface area contributed by atoms with E-state index in [9.17, 15) is 4.79 Å². The fourth-order valence-corrected chi connectivity index (χ4v) is 2.24. The van der Waals surface area contributed by atoms with Crippen LogP contribution in [0.25, 0.3) is 0 Å². The first-order valence-corrected chi connectivity index (χ1v) is 6.56. The molecule has 1 saturated carbocycles. The predicted octanol–water partition coefficient (Wildman–Crippen LogP) is 3.94. The third-order valence-electron chi connectivity index (χ3n) is 2.84. The molecular weight excluding hydrogens is 236 g/mol. The number of rotatable bonds is 1. The lowest BCUT2D eigenvalue weighted by molar-refractivity contribution is -0.0316. The molecular formula is C13H22O3S. The molecule has 17 heavy (non-hydrogen) atoms. The van der Waals surface area contributed by atoms with Crippen LogP contribution in [-0.4, -0.2) is 17.9 Å². The van der Waals surface area contributed by atoms with Crippen molar-refractivity contribution in [2.24, 2.45) is 5.92 Å². The third-order valence-corrected chi connectivity index (χ3v) is 3.17. The van der Waals surface area contributed by atoms with Gasteiger partial charge in [-0.15, -0.1) is 0 Å². The summed E-state index contributed by atoms with van der Waals surface area (Å²) >= 11 is 4.19. The Bertz CT molecular complexity index is 304. The summed E-state index contributed by atoms with van der Waals surface area (Å²) in [6.07, 6.45) is 2.05. The molecule has 0 aromatic rings. The average molecular weight is 258 g/mol. The second-order valence-corrected chi connectivity index (χ2v) is 5.85. The van der Waals surface area contributed by atoms with E-state index < -0.39 is 11.8 Å². The van der Waals surface area contributed by atoms with Crippen LogP contribution in [0.1, 0.15) is 47.0 Å². The maximum atomic E-state index is 11.5. The molecule has 0 amide bonds. The molecule has 1 fully saturated rings. The highest BCUT2D eigenvalue weighted by molar-refractivity contribution is 7.83. The van der Waals surface area contributed by atoms with Gasteiger partial charge in [0.2, 0.25) is 0 Å². The maximum Gasteiger partial charge on any atom is 0.509 e. The molecule has 0 aliphatic heterocycles. The zero-order valence-electron chi connectivity index (χ0n) is 11.0. The van der Waals surface area contributed by atoms with Gasteiger partial charge in [0.15, 0.2) is 0 Å². The first-order chi connectivity index (χ1) is 7.81. The second kappa shape index (κ2) is 5.80. The van der Waals surface area contributed by atoms with Crippen molar-refractivity contribution in [3.05, 3.63) is 11.0 Å². The summed E-state index contributed by atoms with van der Waals surface area (Å²) in [7, 11) is 0. The number of ether oxygens (including phenoxy) is 2. The van der Waals surface area contributed by atoms with Crippen LogP contribution in [0.2, 0.25) is 0 Å². The van der Waals surface area contributed by atoms with E-state index in [4.69, 9.17) is 9.47 Å². The van der Waals surface area contributed by atoms with Crippen LogP contribution in [0.3, 0.4) is 0 Å². The van der Waals surface area contributed by atoms with Gasteiger partial charge in [0.1, 0.15) is 11.7 Å². The Morgan fingerprint density at radius 2 is 2.06 bits per heavy atom. The zero-order valence-corrected chi connectivity index (χ0v) is 11.9. The molecule has 4 heteroatoms. The average Bonchev–Trinajstić information content (AvgIpc) is 2.18. The van der Waals surface area contributed by atoms with Gasteiger partial charge in [-0.2, -0.15) is 12.6 Å². The number of carbonyl (C=O) groups excluding carboxylic acids is 1. The Morgan fingerprint density at radius 3 is 2.59 bits per heavy atom. The molecule has 0 N–H and O–H groups in total. The molecule has 0 aromatic heterocycles. The summed E-state index contributed by atoms with van der Waals surface area (Å²) < 4.78 is 10.4. The van der Waals surface area contributed by atoms with Crippen LogP contribution in [0, 0.1) is 5.92 Å². The smallest absolute Gasteiger partial charge is 0.431 e. The summed E-state index contributed by atoms with van der Waals surface area (Å²) in [6.45, 7) is 7.66. The van der Waals surface area contributed by atoms with Gasteiger partial charge in [0.05, 0.1) is 0 Å². The van der Waals surface area contributed by atoms with E-state index in [2.05, 4.69) is 19.6 Å². The lowest BCUT2D eigenvalue weighted by Gasteiger charge is -2.29. The van der Waals surface area contributed by atoms with Crippen molar-refractivity contribution in [2.75, 3.05) is 0 Å². The van der Waals surface area contributed by atoms with Gasteiger partial charge in [-0.05, 0) is 44.9 Å². The SMILES string of the molecule is CC1CCC(OC(=O)OC(C)(C)C)C/C1=C\S. The van der Waals surface area contributed by atoms with E-state index >= 15 is 0 Å². The highest BCUT2D eigenvalue weighted by atomic mass is 32.1. The van der Waals surface area contributed by atoms with Crippen LogP contribution >= 0.6 is 12.6 Å². The molecule has 0 spiro atoms. The highest BCUT2D eigenvalue weighted by Crippen LogP contribution is 2.31. The number of thiol groups is 1. The Balaban J connectivity index is 2.45. The van der Waals surface area contributed by atoms with E-state index in [0.717, 1.165) is 19.3 Å². The van der Waals surface area contributed by atoms with E-state index in [1.165, 1.54) is 5.57 Å². The van der Waals surface area contributed by atoms with Gasteiger partial charge in [-0.25, -0.2) is 4.79 Å². The number of carbonyl (C=O) groups is 1. The monoisotopic (exact) mass is 258 g/mol. The van der Waals surface area contributed by atoms with Crippen LogP contribution < -0.4 is 0 Å². The molecule has 0 heterocycles. The molecule has 2 atom stereocenters. The first-order valence-electron chi connectivity index (χ1n) is 6.04. The van der Waals surface area contributed by atoms with Crippen LogP contribution in [0.4, 0.5) is 4.79 Å². The molecule has 1 aliphatic carbocycles. The molecule has 0 saturated heterocycles. The van der Waals surface area contributed by atoms with E-state index in [0.29, 0.717) is 5.92 Å². The quantitative estimate of drug-likeness (QED) is 0.571. The minimum atomic E-state index is -0.574. The van der Waals surface area contributed by atoms with Crippen molar-refractivity contribution in [1.29, 1.82) is 0 Å². The molecule has 3 nitrogen and oxygen atoms in total. The van der Waals surface area contributed by atoms with Crippen molar-refractivity contribution in [3.8, 4) is 0 Å². The summed E-state index contributed by atoms with van der Waals surface area (Å²) in [5, 5.41) is 1.83. The number of hydrogen-bond acceptors (Lipinski definition) is 4. The van der Waals surface area contributed by atoms with Crippen molar-refractivity contribution < 1.29 is 14.3 Å². The zero-order chi connectivity index (χ0) is 13.1. The van der Waals surface area contributed by atoms with Gasteiger partial charge < -0.3 is 9.47 Å². The maximum absolute atomic E-state index is 11.5. The standard InChI is InChI=1S/C13H22O3S/c1-9-5-6-11(7-10(9)8-17)15-12(14)16-13(2,3)4/h8-9,11,17H,5-7H2,1-4H3/b10-8+. The van der Waals surface area contributed by atoms with Gasteiger partial charge in [0.25, 0.3) is 0 Å². The van der Waals surface area contributed by atoms with Crippen LogP contribution in [0.15, 0.2) is 11.0 Å². The summed E-state index contributed by atoms with van der Waals surface area (Å²) in [4.78, 5) is 11.5.